The number of alkyl halides is 3. The summed E-state index contributed by atoms with van der Waals surface area (Å²) < 4.78 is 63.2. The van der Waals surface area contributed by atoms with Gasteiger partial charge in [0.1, 0.15) is 12.7 Å². The van der Waals surface area contributed by atoms with E-state index in [2.05, 4.69) is 0 Å². The van der Waals surface area contributed by atoms with Crippen LogP contribution in [0, 0.1) is 0 Å². The number of halogens is 3. The molecule has 0 bridgehead atoms. The van der Waals surface area contributed by atoms with E-state index in [0.29, 0.717) is 5.57 Å². The minimum absolute atomic E-state index is 0.0438. The van der Waals surface area contributed by atoms with Crippen LogP contribution in [0.4, 0.5) is 18.9 Å². The number of sulfonamides is 1. The summed E-state index contributed by atoms with van der Waals surface area (Å²) >= 11 is 0. The van der Waals surface area contributed by atoms with Crippen molar-refractivity contribution < 1.29 is 21.6 Å². The zero-order valence-electron chi connectivity index (χ0n) is 14.1. The molecule has 0 amide bonds. The van der Waals surface area contributed by atoms with Gasteiger partial charge in [0.2, 0.25) is 0 Å². The van der Waals surface area contributed by atoms with Crippen LogP contribution in [0.15, 0.2) is 48.2 Å². The van der Waals surface area contributed by atoms with Gasteiger partial charge in [-0.3, -0.25) is 0 Å². The molecule has 1 aliphatic rings. The third-order valence-corrected chi connectivity index (χ3v) is 6.31. The van der Waals surface area contributed by atoms with Gasteiger partial charge in [0.25, 0.3) is 0 Å². The summed E-state index contributed by atoms with van der Waals surface area (Å²) in [6.07, 6.45) is -0.320. The Kier molecular flexibility index (Phi) is 5.46. The predicted octanol–water partition coefficient (Wildman–Crippen LogP) is 3.42. The van der Waals surface area contributed by atoms with Crippen LogP contribution in [0.25, 0.3) is 0 Å². The fraction of sp³-hybridized carbons (Fsp3) is 0.412. The predicted molar refractivity (Wildman–Crippen MR) is 93.3 cm³/mol. The highest BCUT2D eigenvalue weighted by atomic mass is 32.2. The molecule has 1 atom stereocenters. The summed E-state index contributed by atoms with van der Waals surface area (Å²) in [5.41, 5.74) is 7.31. The van der Waals surface area contributed by atoms with Gasteiger partial charge < -0.3 is 5.73 Å². The van der Waals surface area contributed by atoms with Crippen molar-refractivity contribution in [3.05, 3.63) is 53.8 Å². The fourth-order valence-corrected chi connectivity index (χ4v) is 4.51. The summed E-state index contributed by atoms with van der Waals surface area (Å²) in [5, 5.41) is 0. The summed E-state index contributed by atoms with van der Waals surface area (Å²) in [6, 6.07) is 6.65. The van der Waals surface area contributed by atoms with Gasteiger partial charge in [-0.25, -0.2) is 0 Å². The summed E-state index contributed by atoms with van der Waals surface area (Å²) in [4.78, 5) is 0. The molecule has 0 saturated heterocycles. The molecule has 25 heavy (non-hydrogen) atoms. The fourth-order valence-electron chi connectivity index (χ4n) is 2.81. The van der Waals surface area contributed by atoms with Gasteiger partial charge >= 0.3 is 16.2 Å². The highest BCUT2D eigenvalue weighted by molar-refractivity contribution is 7.91. The van der Waals surface area contributed by atoms with Crippen molar-refractivity contribution in [1.82, 2.24) is 3.89 Å². The monoisotopic (exact) mass is 375 g/mol. The highest BCUT2D eigenvalue weighted by Crippen LogP contribution is 2.35. The van der Waals surface area contributed by atoms with Crippen LogP contribution >= 0.6 is 0 Å². The molecule has 2 N–H and O–H groups in total. The number of rotatable bonds is 5. The van der Waals surface area contributed by atoms with E-state index in [1.54, 1.807) is 36.4 Å². The lowest BCUT2D eigenvalue weighted by Gasteiger charge is -2.34. The molecule has 2 rings (SSSR count). The molecule has 1 aromatic rings. The van der Waals surface area contributed by atoms with E-state index in [1.807, 2.05) is 13.8 Å². The number of hydrogen-bond donors (Lipinski definition) is 1. The number of nitrogens with zero attached hydrogens (tertiary/aromatic N) is 1. The first-order chi connectivity index (χ1) is 11.5. The molecule has 4 nitrogen and oxygen atoms in total. The van der Waals surface area contributed by atoms with Crippen molar-refractivity contribution in [2.24, 2.45) is 5.73 Å². The molecular formula is C17H22F3N2O2S+. The van der Waals surface area contributed by atoms with E-state index in [0.717, 1.165) is 5.56 Å². The highest BCUT2D eigenvalue weighted by Gasteiger charge is 2.50. The molecule has 0 fully saturated rings. The summed E-state index contributed by atoms with van der Waals surface area (Å²) in [5.74, 6) is -1.67. The standard InChI is InChI=1S/C17H22F3N2O2S/c1-13(2)15-5-7-16(8-6-15)22(9-3-4-14(10-21)11-22)25(23,24)12-17(18,19)20/h3-8,11,13H,9-10,12,21H2,1-2H3/q+1. The molecule has 138 valence electrons. The van der Waals surface area contributed by atoms with Gasteiger partial charge in [-0.1, -0.05) is 32.1 Å². The lowest BCUT2D eigenvalue weighted by atomic mass is 10.0. The first-order valence-electron chi connectivity index (χ1n) is 7.87. The van der Waals surface area contributed by atoms with Crippen molar-refractivity contribution >= 4 is 15.7 Å². The SMILES string of the molecule is CC(C)c1ccc([N+]2(S(=O)(=O)CC(F)(F)F)C=C(CN)C=CC2)cc1. The Morgan fingerprint density at radius 1 is 1.20 bits per heavy atom. The van der Waals surface area contributed by atoms with E-state index in [1.165, 1.54) is 6.20 Å². The molecular weight excluding hydrogens is 353 g/mol. The van der Waals surface area contributed by atoms with Gasteiger partial charge in [0, 0.05) is 24.3 Å². The zero-order chi connectivity index (χ0) is 18.9. The lowest BCUT2D eigenvalue weighted by molar-refractivity contribution is -0.106. The van der Waals surface area contributed by atoms with Gasteiger partial charge in [-0.2, -0.15) is 25.5 Å². The topological polar surface area (TPSA) is 60.2 Å². The van der Waals surface area contributed by atoms with E-state index in [9.17, 15) is 21.6 Å². The van der Waals surface area contributed by atoms with Crippen LogP contribution in [0.5, 0.6) is 0 Å². The van der Waals surface area contributed by atoms with Crippen molar-refractivity contribution in [3.8, 4) is 0 Å². The number of nitrogens with two attached hydrogens (primary N) is 1. The van der Waals surface area contributed by atoms with Crippen molar-refractivity contribution in [1.29, 1.82) is 0 Å². The lowest BCUT2D eigenvalue weighted by Crippen LogP contribution is -2.54. The molecule has 8 heteroatoms. The van der Waals surface area contributed by atoms with E-state index < -0.39 is 25.8 Å². The van der Waals surface area contributed by atoms with Crippen molar-refractivity contribution in [3.63, 3.8) is 0 Å². The summed E-state index contributed by atoms with van der Waals surface area (Å²) in [7, 11) is -4.60. The van der Waals surface area contributed by atoms with Crippen LogP contribution in [-0.4, -0.2) is 33.4 Å². The number of hydrogen-bond acceptors (Lipinski definition) is 3. The van der Waals surface area contributed by atoms with Crippen molar-refractivity contribution in [2.75, 3.05) is 18.8 Å². The van der Waals surface area contributed by atoms with Crippen LogP contribution in [0.1, 0.15) is 25.3 Å². The van der Waals surface area contributed by atoms with Gasteiger partial charge in [-0.05, 0) is 17.6 Å². The number of benzene rings is 1. The van der Waals surface area contributed by atoms with Crippen LogP contribution in [0.3, 0.4) is 0 Å². The smallest absolute Gasteiger partial charge is 0.326 e. The molecule has 1 aromatic carbocycles. The molecule has 0 radical (unpaired) electrons. The molecule has 1 heterocycles. The normalized spacial score (nSPS) is 21.5. The quantitative estimate of drug-likeness (QED) is 0.802. The Bertz CT molecular complexity index is 781. The number of quaternary nitrogens is 1. The average Bonchev–Trinajstić information content (AvgIpc) is 2.52. The first kappa shape index (κ1) is 19.7. The average molecular weight is 375 g/mol. The van der Waals surface area contributed by atoms with E-state index in [4.69, 9.17) is 5.73 Å². The van der Waals surface area contributed by atoms with Crippen LogP contribution in [-0.2, 0) is 10.0 Å². The van der Waals surface area contributed by atoms with Gasteiger partial charge in [0.05, 0.1) is 0 Å². The Hall–Kier alpha value is -1.64. The van der Waals surface area contributed by atoms with Crippen molar-refractivity contribution in [2.45, 2.75) is 25.9 Å². The third-order valence-electron chi connectivity index (χ3n) is 4.16. The molecule has 0 aliphatic carbocycles. The third kappa shape index (κ3) is 4.13. The molecule has 0 spiro atoms. The second kappa shape index (κ2) is 6.93. The Balaban J connectivity index is 2.62. The Labute approximate surface area is 146 Å². The van der Waals surface area contributed by atoms with E-state index in [-0.39, 0.29) is 24.7 Å². The van der Waals surface area contributed by atoms with Crippen LogP contribution < -0.4 is 9.62 Å². The largest absolute Gasteiger partial charge is 0.408 e. The van der Waals surface area contributed by atoms with Crippen LogP contribution in [0.2, 0.25) is 0 Å². The first-order valence-corrected chi connectivity index (χ1v) is 9.48. The molecule has 0 saturated carbocycles. The maximum atomic E-state index is 12.9. The second-order valence-corrected chi connectivity index (χ2v) is 8.48. The maximum Gasteiger partial charge on any atom is 0.408 e. The Morgan fingerprint density at radius 2 is 1.80 bits per heavy atom. The minimum atomic E-state index is -4.82. The Morgan fingerprint density at radius 3 is 2.28 bits per heavy atom. The van der Waals surface area contributed by atoms with Gasteiger partial charge in [0.15, 0.2) is 11.4 Å². The van der Waals surface area contributed by atoms with Gasteiger partial charge in [-0.15, -0.1) is 0 Å². The maximum absolute atomic E-state index is 12.9. The summed E-state index contributed by atoms with van der Waals surface area (Å²) in [6.45, 7) is 3.90. The minimum Gasteiger partial charge on any atom is -0.326 e. The molecule has 1 unspecified atom stereocenters. The zero-order valence-corrected chi connectivity index (χ0v) is 14.9. The van der Waals surface area contributed by atoms with E-state index >= 15 is 0 Å². The molecule has 0 aromatic heterocycles. The second-order valence-electron chi connectivity index (χ2n) is 6.38. The molecule has 1 aliphatic heterocycles.